The molecule has 0 aliphatic heterocycles. The van der Waals surface area contributed by atoms with Crippen LogP contribution < -0.4 is 0 Å². The van der Waals surface area contributed by atoms with Gasteiger partial charge in [-0.05, 0) is 65.0 Å². The average molecular weight is 337 g/mol. The van der Waals surface area contributed by atoms with Crippen molar-refractivity contribution in [2.45, 2.75) is 59.5 Å². The van der Waals surface area contributed by atoms with Crippen LogP contribution in [0.5, 0.6) is 0 Å². The van der Waals surface area contributed by atoms with Crippen molar-refractivity contribution in [1.29, 1.82) is 0 Å². The molecule has 4 heteroatoms. The molecule has 0 saturated carbocycles. The molecule has 22 heavy (non-hydrogen) atoms. The molecule has 0 amide bonds. The molecule has 2 atom stereocenters. The number of thiazole rings is 1. The number of allylic oxidation sites excluding steroid dienone is 2. The zero-order valence-corrected chi connectivity index (χ0v) is 16.2. The van der Waals surface area contributed by atoms with Crippen molar-refractivity contribution >= 4 is 26.9 Å². The van der Waals surface area contributed by atoms with Crippen molar-refractivity contribution < 1.29 is 4.52 Å². The predicted molar refractivity (Wildman–Crippen MR) is 102 cm³/mol. The largest absolute Gasteiger partial charge is 0.358 e. The molecule has 1 unspecified atom stereocenters. The highest BCUT2D eigenvalue weighted by Gasteiger charge is 2.09. The highest BCUT2D eigenvalue weighted by Crippen LogP contribution is 2.20. The summed E-state index contributed by atoms with van der Waals surface area (Å²) in [7, 11) is 2.39. The second kappa shape index (κ2) is 10.1. The van der Waals surface area contributed by atoms with Gasteiger partial charge in [-0.15, -0.1) is 17.9 Å². The molecule has 1 aromatic heterocycles. The van der Waals surface area contributed by atoms with Gasteiger partial charge in [-0.25, -0.2) is 4.98 Å². The summed E-state index contributed by atoms with van der Waals surface area (Å²) in [6.07, 6.45) is 8.80. The molecule has 1 aromatic rings. The van der Waals surface area contributed by atoms with E-state index in [2.05, 4.69) is 59.3 Å². The van der Waals surface area contributed by atoms with E-state index in [4.69, 9.17) is 4.52 Å². The van der Waals surface area contributed by atoms with E-state index in [0.29, 0.717) is 0 Å². The van der Waals surface area contributed by atoms with Crippen molar-refractivity contribution in [2.24, 2.45) is 0 Å². The summed E-state index contributed by atoms with van der Waals surface area (Å²) in [6.45, 7) is 12.4. The number of aryl methyl sites for hydroxylation is 1. The number of rotatable bonds is 9. The second-order valence-corrected chi connectivity index (χ2v) is 7.24. The Labute approximate surface area is 141 Å². The summed E-state index contributed by atoms with van der Waals surface area (Å²) in [4.78, 5) is 4.48. The summed E-state index contributed by atoms with van der Waals surface area (Å²) in [5.41, 5.74) is 4.91. The Morgan fingerprint density at radius 1 is 1.41 bits per heavy atom. The Morgan fingerprint density at radius 2 is 2.14 bits per heavy atom. The SMILES string of the molecule is C=C(C)CCC/C(C)=C\C[C@H](OP)/C(C)=C/c1csc(C)n1. The maximum atomic E-state index is 5.55. The minimum atomic E-state index is 0.0862. The maximum absolute atomic E-state index is 5.55. The quantitative estimate of drug-likeness (QED) is 0.400. The number of aromatic nitrogens is 1. The highest BCUT2D eigenvalue weighted by atomic mass is 32.1. The second-order valence-electron chi connectivity index (χ2n) is 5.90. The average Bonchev–Trinajstić information content (AvgIpc) is 2.84. The summed E-state index contributed by atoms with van der Waals surface area (Å²) < 4.78 is 5.55. The smallest absolute Gasteiger partial charge is 0.0901 e. The van der Waals surface area contributed by atoms with Crippen LogP contribution >= 0.6 is 20.8 Å². The van der Waals surface area contributed by atoms with Crippen LogP contribution in [0.3, 0.4) is 0 Å². The monoisotopic (exact) mass is 337 g/mol. The Bertz CT molecular complexity index is 545. The van der Waals surface area contributed by atoms with Crippen LogP contribution in [0.25, 0.3) is 6.08 Å². The van der Waals surface area contributed by atoms with E-state index in [-0.39, 0.29) is 6.10 Å². The third-order valence-corrected chi connectivity index (χ3v) is 4.66. The standard InChI is InChI=1S/C18H28NOPS/c1-13(2)7-6-8-14(3)9-10-18(20-21)15(4)11-17-12-22-16(5)19-17/h9,11-12,18H,1,6-8,10,21H2,2-5H3/b14-9-,15-11+/t18-/m0/s1. The lowest BCUT2D eigenvalue weighted by atomic mass is 10.0. The molecule has 0 fully saturated rings. The predicted octanol–water partition coefficient (Wildman–Crippen LogP) is 6.11. The topological polar surface area (TPSA) is 22.1 Å². The van der Waals surface area contributed by atoms with Crippen LogP contribution in [0.2, 0.25) is 0 Å². The van der Waals surface area contributed by atoms with E-state index in [9.17, 15) is 0 Å². The molecular weight excluding hydrogens is 309 g/mol. The summed E-state index contributed by atoms with van der Waals surface area (Å²) >= 11 is 1.67. The fourth-order valence-corrected chi connectivity index (χ4v) is 3.10. The summed E-state index contributed by atoms with van der Waals surface area (Å²) in [6, 6.07) is 0. The van der Waals surface area contributed by atoms with Gasteiger partial charge in [0.05, 0.1) is 16.8 Å². The van der Waals surface area contributed by atoms with Gasteiger partial charge in [0.2, 0.25) is 0 Å². The van der Waals surface area contributed by atoms with E-state index in [1.807, 2.05) is 6.92 Å². The van der Waals surface area contributed by atoms with Gasteiger partial charge in [-0.2, -0.15) is 0 Å². The lowest BCUT2D eigenvalue weighted by Crippen LogP contribution is -2.08. The molecular formula is C18H28NOPS. The van der Waals surface area contributed by atoms with Crippen LogP contribution in [0.4, 0.5) is 0 Å². The third-order valence-electron chi connectivity index (χ3n) is 3.54. The first-order chi connectivity index (χ1) is 10.4. The minimum absolute atomic E-state index is 0.0862. The van der Waals surface area contributed by atoms with Gasteiger partial charge in [-0.1, -0.05) is 17.2 Å². The molecule has 2 nitrogen and oxygen atoms in total. The molecule has 1 heterocycles. The van der Waals surface area contributed by atoms with E-state index in [1.54, 1.807) is 11.3 Å². The molecule has 122 valence electrons. The summed E-state index contributed by atoms with van der Waals surface area (Å²) in [5, 5.41) is 3.17. The lowest BCUT2D eigenvalue weighted by Gasteiger charge is -2.14. The van der Waals surface area contributed by atoms with E-state index in [1.165, 1.54) is 23.1 Å². The van der Waals surface area contributed by atoms with Crippen molar-refractivity contribution in [3.63, 3.8) is 0 Å². The van der Waals surface area contributed by atoms with Crippen LogP contribution in [-0.2, 0) is 4.52 Å². The Hall–Kier alpha value is -0.760. The summed E-state index contributed by atoms with van der Waals surface area (Å²) in [5.74, 6) is 0. The molecule has 0 bridgehead atoms. The fraction of sp³-hybridized carbons (Fsp3) is 0.500. The van der Waals surface area contributed by atoms with E-state index < -0.39 is 0 Å². The Morgan fingerprint density at radius 3 is 2.68 bits per heavy atom. The van der Waals surface area contributed by atoms with Crippen LogP contribution in [0.1, 0.15) is 57.2 Å². The molecule has 1 rings (SSSR count). The van der Waals surface area contributed by atoms with Crippen molar-refractivity contribution in [3.05, 3.63) is 45.5 Å². The van der Waals surface area contributed by atoms with Gasteiger partial charge in [0, 0.05) is 14.8 Å². The maximum Gasteiger partial charge on any atom is 0.0901 e. The molecule has 0 N–H and O–H groups in total. The van der Waals surface area contributed by atoms with Gasteiger partial charge in [-0.3, -0.25) is 0 Å². The van der Waals surface area contributed by atoms with Crippen molar-refractivity contribution in [1.82, 2.24) is 4.98 Å². The zero-order valence-electron chi connectivity index (χ0n) is 14.2. The van der Waals surface area contributed by atoms with Gasteiger partial charge in [0.1, 0.15) is 0 Å². The highest BCUT2D eigenvalue weighted by molar-refractivity contribution is 7.10. The minimum Gasteiger partial charge on any atom is -0.358 e. The lowest BCUT2D eigenvalue weighted by molar-refractivity contribution is 0.285. The zero-order chi connectivity index (χ0) is 16.5. The van der Waals surface area contributed by atoms with E-state index >= 15 is 0 Å². The first-order valence-corrected chi connectivity index (χ1v) is 9.03. The molecule has 0 aromatic carbocycles. The van der Waals surface area contributed by atoms with Gasteiger partial charge in [0.15, 0.2) is 0 Å². The van der Waals surface area contributed by atoms with Crippen LogP contribution in [-0.4, -0.2) is 11.1 Å². The molecule has 0 radical (unpaired) electrons. The van der Waals surface area contributed by atoms with Crippen LogP contribution in [0.15, 0.2) is 34.8 Å². The van der Waals surface area contributed by atoms with Gasteiger partial charge in [0.25, 0.3) is 0 Å². The normalized spacial score (nSPS) is 14.2. The fourth-order valence-electron chi connectivity index (χ4n) is 2.20. The Balaban J connectivity index is 2.56. The van der Waals surface area contributed by atoms with Crippen molar-refractivity contribution in [2.75, 3.05) is 0 Å². The third kappa shape index (κ3) is 7.49. The number of hydrogen-bond acceptors (Lipinski definition) is 3. The number of nitrogens with zero attached hydrogens (tertiary/aromatic N) is 1. The number of hydrogen-bond donors (Lipinski definition) is 0. The van der Waals surface area contributed by atoms with Gasteiger partial charge >= 0.3 is 0 Å². The molecule has 0 saturated heterocycles. The van der Waals surface area contributed by atoms with E-state index in [0.717, 1.165) is 30.0 Å². The first kappa shape index (κ1) is 19.3. The molecule has 0 aliphatic rings. The van der Waals surface area contributed by atoms with Crippen LogP contribution in [0, 0.1) is 6.92 Å². The molecule has 0 aliphatic carbocycles. The first-order valence-electron chi connectivity index (χ1n) is 7.68. The van der Waals surface area contributed by atoms with Gasteiger partial charge < -0.3 is 4.52 Å². The molecule has 0 spiro atoms. The Kier molecular flexibility index (Phi) is 8.85. The van der Waals surface area contributed by atoms with Crippen molar-refractivity contribution in [3.8, 4) is 0 Å².